The van der Waals surface area contributed by atoms with Crippen LogP contribution in [-0.4, -0.2) is 0 Å². The summed E-state index contributed by atoms with van der Waals surface area (Å²) in [5.41, 5.74) is 0.917. The molecule has 0 aromatic heterocycles. The first kappa shape index (κ1) is 3.94. The molecule has 0 aliphatic heterocycles. The number of hydrogen-bond acceptors (Lipinski definition) is 0. The van der Waals surface area contributed by atoms with Gasteiger partial charge in [0.25, 0.3) is 0 Å². The normalized spacial score (nSPS) is 54.4. The zero-order chi connectivity index (χ0) is 5.07. The first-order valence-electron chi connectivity index (χ1n) is 3.26. The van der Waals surface area contributed by atoms with E-state index in [-0.39, 0.29) is 0 Å². The maximum atomic E-state index is 2.35. The summed E-state index contributed by atoms with van der Waals surface area (Å²) in [5, 5.41) is 0. The van der Waals surface area contributed by atoms with Crippen molar-refractivity contribution < 1.29 is 0 Å². The monoisotopic (exact) mass is 96.1 g/mol. The molecular weight excluding hydrogens is 84.1 g/mol. The first-order chi connectivity index (χ1) is 3.26. The third-order valence-electron chi connectivity index (χ3n) is 2.90. The maximum absolute atomic E-state index is 2.35. The van der Waals surface area contributed by atoms with Crippen LogP contribution in [0.2, 0.25) is 0 Å². The van der Waals surface area contributed by atoms with E-state index in [4.69, 9.17) is 0 Å². The second kappa shape index (κ2) is 0.765. The SMILES string of the molecule is CC(C)C12CC1C2. The topological polar surface area (TPSA) is 0 Å². The third kappa shape index (κ3) is 0.296. The van der Waals surface area contributed by atoms with E-state index in [1.54, 1.807) is 12.8 Å². The molecule has 2 fully saturated rings. The Labute approximate surface area is 44.9 Å². The minimum atomic E-state index is 0.917. The average molecular weight is 96.2 g/mol. The molecule has 40 valence electrons. The second-order valence-corrected chi connectivity index (χ2v) is 3.49. The van der Waals surface area contributed by atoms with Crippen molar-refractivity contribution in [1.29, 1.82) is 0 Å². The molecule has 2 rings (SSSR count). The molecule has 0 atom stereocenters. The molecule has 2 aliphatic rings. The second-order valence-electron chi connectivity index (χ2n) is 3.49. The standard InChI is InChI=1S/C7H12/c1-5(2)7-3-6(7)4-7/h5-6H,3-4H2,1-2H3. The van der Waals surface area contributed by atoms with E-state index in [1.165, 1.54) is 5.92 Å². The molecule has 0 heteroatoms. The van der Waals surface area contributed by atoms with E-state index in [9.17, 15) is 0 Å². The molecule has 0 radical (unpaired) electrons. The lowest BCUT2D eigenvalue weighted by Gasteiger charge is -2.04. The molecular formula is C7H12. The van der Waals surface area contributed by atoms with Crippen molar-refractivity contribution in [3.05, 3.63) is 0 Å². The van der Waals surface area contributed by atoms with Gasteiger partial charge >= 0.3 is 0 Å². The number of hydrogen-bond donors (Lipinski definition) is 0. The minimum Gasteiger partial charge on any atom is -0.0622 e. The Hall–Kier alpha value is 0. The third-order valence-corrected chi connectivity index (χ3v) is 2.90. The first-order valence-corrected chi connectivity index (χ1v) is 3.26. The van der Waals surface area contributed by atoms with Gasteiger partial charge in [0.15, 0.2) is 0 Å². The van der Waals surface area contributed by atoms with Gasteiger partial charge in [-0.2, -0.15) is 0 Å². The van der Waals surface area contributed by atoms with Gasteiger partial charge in [0.1, 0.15) is 0 Å². The average Bonchev–Trinajstić information content (AvgIpc) is 2.04. The molecule has 0 bridgehead atoms. The largest absolute Gasteiger partial charge is 0.0622 e. The van der Waals surface area contributed by atoms with E-state index < -0.39 is 0 Å². The Morgan fingerprint density at radius 3 is 1.86 bits per heavy atom. The minimum absolute atomic E-state index is 0.917. The number of rotatable bonds is 1. The highest BCUT2D eigenvalue weighted by molar-refractivity contribution is 5.19. The summed E-state index contributed by atoms with van der Waals surface area (Å²) in [4.78, 5) is 0. The van der Waals surface area contributed by atoms with Crippen LogP contribution >= 0.6 is 0 Å². The predicted octanol–water partition coefficient (Wildman–Crippen LogP) is 2.05. The van der Waals surface area contributed by atoms with Gasteiger partial charge in [-0.25, -0.2) is 0 Å². The molecule has 0 spiro atoms. The highest BCUT2D eigenvalue weighted by Crippen LogP contribution is 2.78. The Morgan fingerprint density at radius 1 is 1.43 bits per heavy atom. The molecule has 7 heavy (non-hydrogen) atoms. The molecule has 2 saturated carbocycles. The summed E-state index contributed by atoms with van der Waals surface area (Å²) in [7, 11) is 0. The van der Waals surface area contributed by atoms with Crippen LogP contribution in [-0.2, 0) is 0 Å². The van der Waals surface area contributed by atoms with Gasteiger partial charge in [-0.05, 0) is 30.1 Å². The van der Waals surface area contributed by atoms with E-state index in [2.05, 4.69) is 13.8 Å². The van der Waals surface area contributed by atoms with Gasteiger partial charge in [0.2, 0.25) is 0 Å². The van der Waals surface area contributed by atoms with Crippen LogP contribution in [0.1, 0.15) is 26.7 Å². The lowest BCUT2D eigenvalue weighted by molar-refractivity contribution is 0.457. The van der Waals surface area contributed by atoms with Crippen molar-refractivity contribution in [3.8, 4) is 0 Å². The van der Waals surface area contributed by atoms with Crippen molar-refractivity contribution in [2.45, 2.75) is 26.7 Å². The van der Waals surface area contributed by atoms with Crippen LogP contribution in [0.5, 0.6) is 0 Å². The van der Waals surface area contributed by atoms with Gasteiger partial charge in [-0.3, -0.25) is 0 Å². The zero-order valence-corrected chi connectivity index (χ0v) is 5.07. The van der Waals surface area contributed by atoms with Crippen molar-refractivity contribution in [2.75, 3.05) is 0 Å². The van der Waals surface area contributed by atoms with Gasteiger partial charge in [-0.15, -0.1) is 0 Å². The summed E-state index contributed by atoms with van der Waals surface area (Å²) in [6, 6.07) is 0. The maximum Gasteiger partial charge on any atom is -0.0240 e. The van der Waals surface area contributed by atoms with E-state index >= 15 is 0 Å². The number of fused-ring (bicyclic) bond motifs is 1. The fraction of sp³-hybridized carbons (Fsp3) is 1.00. The fourth-order valence-corrected chi connectivity index (χ4v) is 1.68. The lowest BCUT2D eigenvalue weighted by atomic mass is 10.0. The fourth-order valence-electron chi connectivity index (χ4n) is 1.68. The summed E-state index contributed by atoms with van der Waals surface area (Å²) in [6.45, 7) is 4.71. The Bertz CT molecular complexity index is 96.6. The molecule has 0 N–H and O–H groups in total. The molecule has 0 amide bonds. The van der Waals surface area contributed by atoms with Gasteiger partial charge in [0, 0.05) is 0 Å². The summed E-state index contributed by atoms with van der Waals surface area (Å²) >= 11 is 0. The van der Waals surface area contributed by atoms with Gasteiger partial charge in [0.05, 0.1) is 0 Å². The molecule has 2 aliphatic carbocycles. The van der Waals surface area contributed by atoms with Crippen LogP contribution in [0.3, 0.4) is 0 Å². The van der Waals surface area contributed by atoms with Crippen molar-refractivity contribution in [2.24, 2.45) is 17.3 Å². The molecule has 0 nitrogen and oxygen atoms in total. The highest BCUT2D eigenvalue weighted by atomic mass is 14.7. The summed E-state index contributed by atoms with van der Waals surface area (Å²) in [6.07, 6.45) is 3.12. The molecule has 0 saturated heterocycles. The van der Waals surface area contributed by atoms with Crippen molar-refractivity contribution in [3.63, 3.8) is 0 Å². The molecule has 0 unspecified atom stereocenters. The van der Waals surface area contributed by atoms with Crippen LogP contribution < -0.4 is 0 Å². The van der Waals surface area contributed by atoms with Crippen LogP contribution in [0.4, 0.5) is 0 Å². The predicted molar refractivity (Wildman–Crippen MR) is 30.0 cm³/mol. The van der Waals surface area contributed by atoms with Gasteiger partial charge < -0.3 is 0 Å². The Morgan fingerprint density at radius 2 is 1.86 bits per heavy atom. The van der Waals surface area contributed by atoms with E-state index in [0.29, 0.717) is 0 Å². The van der Waals surface area contributed by atoms with E-state index in [0.717, 1.165) is 11.3 Å². The van der Waals surface area contributed by atoms with Crippen LogP contribution in [0.25, 0.3) is 0 Å². The summed E-state index contributed by atoms with van der Waals surface area (Å²) < 4.78 is 0. The Kier molecular flexibility index (Phi) is 0.430. The zero-order valence-electron chi connectivity index (χ0n) is 5.07. The van der Waals surface area contributed by atoms with Crippen molar-refractivity contribution in [1.82, 2.24) is 0 Å². The van der Waals surface area contributed by atoms with Gasteiger partial charge in [-0.1, -0.05) is 13.8 Å². The quantitative estimate of drug-likeness (QED) is 0.468. The lowest BCUT2D eigenvalue weighted by Crippen LogP contribution is -1.95. The van der Waals surface area contributed by atoms with Crippen molar-refractivity contribution >= 4 is 0 Å². The molecule has 0 heterocycles. The van der Waals surface area contributed by atoms with Crippen LogP contribution in [0, 0.1) is 17.3 Å². The Balaban J connectivity index is 2.08. The summed E-state index contributed by atoms with van der Waals surface area (Å²) in [5.74, 6) is 2.17. The molecule has 0 aromatic carbocycles. The molecule has 0 aromatic rings. The highest BCUT2D eigenvalue weighted by Gasteiger charge is 2.70. The smallest absolute Gasteiger partial charge is 0.0240 e. The van der Waals surface area contributed by atoms with Crippen LogP contribution in [0.15, 0.2) is 0 Å². The van der Waals surface area contributed by atoms with E-state index in [1.807, 2.05) is 0 Å².